The van der Waals surface area contributed by atoms with Gasteiger partial charge in [-0.2, -0.15) is 0 Å². The Morgan fingerprint density at radius 3 is 2.59 bits per heavy atom. The third-order valence-electron chi connectivity index (χ3n) is 4.10. The van der Waals surface area contributed by atoms with Gasteiger partial charge in [0.2, 0.25) is 0 Å². The fraction of sp³-hybridized carbons (Fsp3) is 0.0435. The number of phenolic OH excluding ortho intramolecular Hbond substituents is 1. The van der Waals surface area contributed by atoms with E-state index < -0.39 is 0 Å². The molecule has 0 spiro atoms. The van der Waals surface area contributed by atoms with Crippen molar-refractivity contribution < 1.29 is 9.90 Å². The minimum atomic E-state index is -0.158. The number of carbonyl (C=O) groups is 1. The number of allylic oxidation sites excluding steroid dienone is 1. The number of para-hydroxylation sites is 1. The summed E-state index contributed by atoms with van der Waals surface area (Å²) in [4.78, 5) is 17.3. The quantitative estimate of drug-likeness (QED) is 0.338. The van der Waals surface area contributed by atoms with Crippen LogP contribution in [0.1, 0.15) is 27.0 Å². The fourth-order valence-electron chi connectivity index (χ4n) is 2.72. The van der Waals surface area contributed by atoms with Crippen molar-refractivity contribution in [1.29, 1.82) is 0 Å². The van der Waals surface area contributed by atoms with Crippen LogP contribution in [-0.2, 0) is 6.42 Å². The molecule has 0 aliphatic carbocycles. The summed E-state index contributed by atoms with van der Waals surface area (Å²) in [6, 6.07) is 19.4. The first-order valence-electron chi connectivity index (χ1n) is 8.45. The van der Waals surface area contributed by atoms with Crippen molar-refractivity contribution in [1.82, 2.24) is 0 Å². The second kappa shape index (κ2) is 8.47. The lowest BCUT2D eigenvalue weighted by Crippen LogP contribution is -2.01. The van der Waals surface area contributed by atoms with Gasteiger partial charge in [-0.1, -0.05) is 60.1 Å². The molecule has 0 unspecified atom stereocenters. The molecule has 0 aliphatic rings. The van der Waals surface area contributed by atoms with Gasteiger partial charge in [-0.05, 0) is 36.2 Å². The minimum absolute atomic E-state index is 0.158. The Kier molecular flexibility index (Phi) is 5.84. The van der Waals surface area contributed by atoms with Gasteiger partial charge in [0.05, 0.1) is 5.69 Å². The van der Waals surface area contributed by atoms with E-state index in [0.717, 1.165) is 5.56 Å². The number of nitrogens with zero attached hydrogens (tertiary/aromatic N) is 1. The highest BCUT2D eigenvalue weighted by Crippen LogP contribution is 2.27. The highest BCUT2D eigenvalue weighted by molar-refractivity contribution is 6.31. The Balaban J connectivity index is 1.99. The fourth-order valence-corrected chi connectivity index (χ4v) is 2.89. The molecule has 0 aromatic heterocycles. The Labute approximate surface area is 163 Å². The lowest BCUT2D eigenvalue weighted by atomic mass is 10.0. The molecule has 1 N–H and O–H groups in total. The van der Waals surface area contributed by atoms with Crippen molar-refractivity contribution in [2.45, 2.75) is 6.42 Å². The van der Waals surface area contributed by atoms with E-state index in [4.69, 9.17) is 11.6 Å². The highest BCUT2D eigenvalue weighted by Gasteiger charge is 2.14. The van der Waals surface area contributed by atoms with E-state index in [1.165, 1.54) is 0 Å². The van der Waals surface area contributed by atoms with Crippen molar-refractivity contribution in [3.05, 3.63) is 107 Å². The van der Waals surface area contributed by atoms with Crippen molar-refractivity contribution in [2.75, 3.05) is 0 Å². The maximum Gasteiger partial charge on any atom is 0.195 e. The zero-order valence-electron chi connectivity index (χ0n) is 14.6. The SMILES string of the molecule is C=CCc1cccc(C=Nc2ccc(Cl)cc2C(=O)c2ccccc2)c1O. The van der Waals surface area contributed by atoms with Gasteiger partial charge in [0.25, 0.3) is 0 Å². The van der Waals surface area contributed by atoms with Gasteiger partial charge in [0.1, 0.15) is 5.75 Å². The molecule has 0 radical (unpaired) electrons. The van der Waals surface area contributed by atoms with Crippen LogP contribution in [0.25, 0.3) is 0 Å². The summed E-state index contributed by atoms with van der Waals surface area (Å²) in [6.07, 6.45) is 3.84. The zero-order chi connectivity index (χ0) is 19.2. The number of hydrogen-bond acceptors (Lipinski definition) is 3. The van der Waals surface area contributed by atoms with Crippen LogP contribution in [0.2, 0.25) is 5.02 Å². The lowest BCUT2D eigenvalue weighted by Gasteiger charge is -2.07. The first-order chi connectivity index (χ1) is 13.1. The molecule has 0 atom stereocenters. The second-order valence-electron chi connectivity index (χ2n) is 5.96. The van der Waals surface area contributed by atoms with Crippen LogP contribution >= 0.6 is 11.6 Å². The third-order valence-corrected chi connectivity index (χ3v) is 4.33. The molecule has 0 fully saturated rings. The largest absolute Gasteiger partial charge is 0.507 e. The molecule has 0 saturated heterocycles. The predicted octanol–water partition coefficient (Wildman–Crippen LogP) is 5.76. The molecule has 3 aromatic rings. The average Bonchev–Trinajstić information content (AvgIpc) is 2.69. The number of halogens is 1. The number of carbonyl (C=O) groups excluding carboxylic acids is 1. The van der Waals surface area contributed by atoms with Crippen LogP contribution in [0.5, 0.6) is 5.75 Å². The molecule has 0 bridgehead atoms. The third kappa shape index (κ3) is 4.33. The number of hydrogen-bond donors (Lipinski definition) is 1. The van der Waals surface area contributed by atoms with Crippen LogP contribution in [-0.4, -0.2) is 17.1 Å². The lowest BCUT2D eigenvalue weighted by molar-refractivity contribution is 0.103. The number of aliphatic imine (C=N–C) groups is 1. The van der Waals surface area contributed by atoms with E-state index in [0.29, 0.717) is 33.8 Å². The molecule has 0 amide bonds. The van der Waals surface area contributed by atoms with Crippen LogP contribution in [0.3, 0.4) is 0 Å². The number of rotatable bonds is 6. The molecule has 0 saturated carbocycles. The van der Waals surface area contributed by atoms with E-state index >= 15 is 0 Å². The van der Waals surface area contributed by atoms with Crippen molar-refractivity contribution in [3.63, 3.8) is 0 Å². The van der Waals surface area contributed by atoms with Gasteiger partial charge in [-0.15, -0.1) is 6.58 Å². The Morgan fingerprint density at radius 1 is 1.07 bits per heavy atom. The van der Waals surface area contributed by atoms with Crippen LogP contribution in [0.4, 0.5) is 5.69 Å². The monoisotopic (exact) mass is 375 g/mol. The molecular weight excluding hydrogens is 358 g/mol. The first kappa shape index (κ1) is 18.6. The number of ketones is 1. The molecule has 134 valence electrons. The molecule has 3 nitrogen and oxygen atoms in total. The van der Waals surface area contributed by atoms with Gasteiger partial charge < -0.3 is 5.11 Å². The molecule has 0 heterocycles. The molecule has 3 aromatic carbocycles. The van der Waals surface area contributed by atoms with E-state index in [9.17, 15) is 9.90 Å². The minimum Gasteiger partial charge on any atom is -0.507 e. The van der Waals surface area contributed by atoms with Crippen molar-refractivity contribution in [3.8, 4) is 5.75 Å². The number of benzene rings is 3. The summed E-state index contributed by atoms with van der Waals surface area (Å²) in [7, 11) is 0. The predicted molar refractivity (Wildman–Crippen MR) is 111 cm³/mol. The van der Waals surface area contributed by atoms with Crippen LogP contribution in [0.15, 0.2) is 84.4 Å². The van der Waals surface area contributed by atoms with Gasteiger partial charge in [0, 0.05) is 27.9 Å². The van der Waals surface area contributed by atoms with Gasteiger partial charge in [-0.25, -0.2) is 0 Å². The summed E-state index contributed by atoms with van der Waals surface area (Å²) in [5.74, 6) is 0.000861. The van der Waals surface area contributed by atoms with Crippen molar-refractivity contribution >= 4 is 29.3 Å². The van der Waals surface area contributed by atoms with E-state index in [-0.39, 0.29) is 11.5 Å². The summed E-state index contributed by atoms with van der Waals surface area (Å²) in [5.41, 5.74) is 2.80. The maximum absolute atomic E-state index is 12.8. The maximum atomic E-state index is 12.8. The van der Waals surface area contributed by atoms with Crippen molar-refractivity contribution in [2.24, 2.45) is 4.99 Å². The molecule has 3 rings (SSSR count). The average molecular weight is 376 g/mol. The Hall–Kier alpha value is -3.17. The first-order valence-corrected chi connectivity index (χ1v) is 8.83. The smallest absolute Gasteiger partial charge is 0.195 e. The molecular formula is C23H18ClNO2. The molecule has 27 heavy (non-hydrogen) atoms. The summed E-state index contributed by atoms with van der Waals surface area (Å²) >= 11 is 6.09. The second-order valence-corrected chi connectivity index (χ2v) is 6.40. The van der Waals surface area contributed by atoms with Gasteiger partial charge in [0.15, 0.2) is 5.78 Å². The van der Waals surface area contributed by atoms with Gasteiger partial charge >= 0.3 is 0 Å². The van der Waals surface area contributed by atoms with Crippen LogP contribution < -0.4 is 0 Å². The normalized spacial score (nSPS) is 10.9. The topological polar surface area (TPSA) is 49.7 Å². The summed E-state index contributed by atoms with van der Waals surface area (Å²) in [6.45, 7) is 3.69. The van der Waals surface area contributed by atoms with E-state index in [1.54, 1.807) is 48.7 Å². The molecule has 4 heteroatoms. The number of phenols is 1. The summed E-state index contributed by atoms with van der Waals surface area (Å²) in [5, 5.41) is 10.8. The van der Waals surface area contributed by atoms with Crippen LogP contribution in [0, 0.1) is 0 Å². The Morgan fingerprint density at radius 2 is 1.85 bits per heavy atom. The standard InChI is InChI=1S/C23H18ClNO2/c1-2-7-16-10-6-11-18(22(16)26)15-25-21-13-12-19(24)14-20(21)23(27)17-8-4-3-5-9-17/h2-6,8-15,26H,1,7H2. The van der Waals surface area contributed by atoms with E-state index in [1.807, 2.05) is 30.3 Å². The molecule has 0 aliphatic heterocycles. The van der Waals surface area contributed by atoms with Gasteiger partial charge in [-0.3, -0.25) is 9.79 Å². The number of aromatic hydroxyl groups is 1. The van der Waals surface area contributed by atoms with E-state index in [2.05, 4.69) is 11.6 Å². The Bertz CT molecular complexity index is 1010. The summed E-state index contributed by atoms with van der Waals surface area (Å²) < 4.78 is 0. The highest BCUT2D eigenvalue weighted by atomic mass is 35.5. The zero-order valence-corrected chi connectivity index (χ0v) is 15.4.